The van der Waals surface area contributed by atoms with Crippen molar-refractivity contribution in [2.24, 2.45) is 5.73 Å². The van der Waals surface area contributed by atoms with Crippen molar-refractivity contribution in [3.05, 3.63) is 5.89 Å². The highest BCUT2D eigenvalue weighted by Gasteiger charge is 2.21. The van der Waals surface area contributed by atoms with Crippen LogP contribution in [-0.4, -0.2) is 36.0 Å². The highest BCUT2D eigenvalue weighted by molar-refractivity contribution is 5.24. The van der Waals surface area contributed by atoms with Gasteiger partial charge in [-0.25, -0.2) is 0 Å². The van der Waals surface area contributed by atoms with Crippen LogP contribution in [-0.2, 0) is 11.3 Å². The number of nitrogens with zero attached hydrogens (tertiary/aromatic N) is 3. The van der Waals surface area contributed by atoms with E-state index in [0.717, 1.165) is 13.1 Å². The summed E-state index contributed by atoms with van der Waals surface area (Å²) in [6, 6.07) is 0.542. The monoisotopic (exact) mass is 198 g/mol. The van der Waals surface area contributed by atoms with Crippen LogP contribution in [0.5, 0.6) is 0 Å². The Labute approximate surface area is 82.0 Å². The zero-order chi connectivity index (χ0) is 9.97. The summed E-state index contributed by atoms with van der Waals surface area (Å²) < 4.78 is 10.8. The molecule has 0 amide bonds. The minimum atomic E-state index is 0.206. The summed E-state index contributed by atoms with van der Waals surface area (Å²) in [6.45, 7) is 4.57. The Morgan fingerprint density at radius 2 is 2.43 bits per heavy atom. The zero-order valence-electron chi connectivity index (χ0n) is 8.14. The zero-order valence-corrected chi connectivity index (χ0v) is 8.14. The molecule has 1 aromatic rings. The lowest BCUT2D eigenvalue weighted by Gasteiger charge is -2.29. The average molecular weight is 198 g/mol. The summed E-state index contributed by atoms with van der Waals surface area (Å²) in [4.78, 5) is 2.01. The van der Waals surface area contributed by atoms with Crippen molar-refractivity contribution in [2.75, 3.05) is 24.6 Å². The Kier molecular flexibility index (Phi) is 2.64. The van der Waals surface area contributed by atoms with Gasteiger partial charge in [-0.05, 0) is 6.92 Å². The van der Waals surface area contributed by atoms with Gasteiger partial charge in [-0.2, -0.15) is 0 Å². The molecule has 0 saturated carbocycles. The van der Waals surface area contributed by atoms with E-state index < -0.39 is 0 Å². The third-order valence-electron chi connectivity index (χ3n) is 2.14. The molecule has 1 atom stereocenters. The number of morpholine rings is 1. The molecule has 1 aromatic heterocycles. The maximum absolute atomic E-state index is 5.41. The largest absolute Gasteiger partial charge is 0.407 e. The summed E-state index contributed by atoms with van der Waals surface area (Å²) in [5, 5.41) is 7.73. The third kappa shape index (κ3) is 1.85. The third-order valence-corrected chi connectivity index (χ3v) is 2.14. The molecule has 6 nitrogen and oxygen atoms in total. The summed E-state index contributed by atoms with van der Waals surface area (Å²) in [6.07, 6.45) is 0.206. The van der Waals surface area contributed by atoms with Gasteiger partial charge < -0.3 is 19.8 Å². The van der Waals surface area contributed by atoms with Crippen molar-refractivity contribution in [2.45, 2.75) is 19.6 Å². The standard InChI is InChI=1S/C8H14N4O2/c1-6-5-12(2-3-13-6)8-11-10-7(4-9)14-8/h6H,2-5,9H2,1H3. The van der Waals surface area contributed by atoms with Gasteiger partial charge in [-0.15, -0.1) is 5.10 Å². The van der Waals surface area contributed by atoms with E-state index in [1.165, 1.54) is 0 Å². The fourth-order valence-corrected chi connectivity index (χ4v) is 1.45. The predicted octanol–water partition coefficient (Wildman–Crippen LogP) is -0.247. The van der Waals surface area contributed by atoms with E-state index in [1.807, 2.05) is 11.8 Å². The molecule has 2 N–H and O–H groups in total. The van der Waals surface area contributed by atoms with Gasteiger partial charge in [0.05, 0.1) is 19.3 Å². The molecule has 2 heterocycles. The van der Waals surface area contributed by atoms with Crippen LogP contribution in [0.25, 0.3) is 0 Å². The van der Waals surface area contributed by atoms with E-state index >= 15 is 0 Å². The van der Waals surface area contributed by atoms with Crippen LogP contribution in [0, 0.1) is 0 Å². The first-order valence-electron chi connectivity index (χ1n) is 4.68. The Bertz CT molecular complexity index is 301. The predicted molar refractivity (Wildman–Crippen MR) is 49.8 cm³/mol. The second kappa shape index (κ2) is 3.93. The first kappa shape index (κ1) is 9.42. The molecule has 1 saturated heterocycles. The average Bonchev–Trinajstić information content (AvgIpc) is 2.66. The van der Waals surface area contributed by atoms with Gasteiger partial charge in [-0.3, -0.25) is 0 Å². The minimum Gasteiger partial charge on any atom is -0.407 e. The molecular formula is C8H14N4O2. The summed E-state index contributed by atoms with van der Waals surface area (Å²) >= 11 is 0. The molecule has 1 unspecified atom stereocenters. The molecule has 6 heteroatoms. The Hall–Kier alpha value is -1.14. The molecule has 0 spiro atoms. The number of anilines is 1. The highest BCUT2D eigenvalue weighted by atomic mass is 16.5. The van der Waals surface area contributed by atoms with Crippen molar-refractivity contribution in [3.63, 3.8) is 0 Å². The molecule has 1 aliphatic rings. The van der Waals surface area contributed by atoms with E-state index in [-0.39, 0.29) is 12.6 Å². The van der Waals surface area contributed by atoms with Crippen LogP contribution in [0.2, 0.25) is 0 Å². The van der Waals surface area contributed by atoms with Crippen molar-refractivity contribution >= 4 is 6.01 Å². The van der Waals surface area contributed by atoms with E-state index in [9.17, 15) is 0 Å². The van der Waals surface area contributed by atoms with E-state index in [4.69, 9.17) is 14.9 Å². The van der Waals surface area contributed by atoms with Crippen LogP contribution < -0.4 is 10.6 Å². The van der Waals surface area contributed by atoms with Gasteiger partial charge in [0.1, 0.15) is 0 Å². The number of ether oxygens (including phenoxy) is 1. The van der Waals surface area contributed by atoms with Crippen molar-refractivity contribution in [1.82, 2.24) is 10.2 Å². The maximum Gasteiger partial charge on any atom is 0.318 e. The first-order chi connectivity index (χ1) is 6.79. The molecular weight excluding hydrogens is 184 g/mol. The van der Waals surface area contributed by atoms with Crippen LogP contribution >= 0.6 is 0 Å². The normalized spacial score (nSPS) is 22.7. The number of hydrogen-bond donors (Lipinski definition) is 1. The topological polar surface area (TPSA) is 77.4 Å². The molecule has 1 aliphatic heterocycles. The molecule has 14 heavy (non-hydrogen) atoms. The maximum atomic E-state index is 5.41. The van der Waals surface area contributed by atoms with Crippen LogP contribution in [0.15, 0.2) is 4.42 Å². The lowest BCUT2D eigenvalue weighted by Crippen LogP contribution is -2.41. The SMILES string of the molecule is CC1CN(c2nnc(CN)o2)CCO1. The van der Waals surface area contributed by atoms with E-state index in [0.29, 0.717) is 18.5 Å². The van der Waals surface area contributed by atoms with Crippen LogP contribution in [0.4, 0.5) is 6.01 Å². The second-order valence-corrected chi connectivity index (χ2v) is 3.31. The van der Waals surface area contributed by atoms with Gasteiger partial charge in [0, 0.05) is 13.1 Å². The Morgan fingerprint density at radius 1 is 1.57 bits per heavy atom. The molecule has 0 aromatic carbocycles. The van der Waals surface area contributed by atoms with Gasteiger partial charge in [0.25, 0.3) is 0 Å². The van der Waals surface area contributed by atoms with E-state index in [1.54, 1.807) is 0 Å². The van der Waals surface area contributed by atoms with E-state index in [2.05, 4.69) is 10.2 Å². The molecule has 2 rings (SSSR count). The quantitative estimate of drug-likeness (QED) is 0.706. The van der Waals surface area contributed by atoms with Gasteiger partial charge >= 0.3 is 6.01 Å². The first-order valence-corrected chi connectivity index (χ1v) is 4.68. The molecule has 0 radical (unpaired) electrons. The Balaban J connectivity index is 2.06. The number of aromatic nitrogens is 2. The molecule has 0 aliphatic carbocycles. The molecule has 1 fully saturated rings. The minimum absolute atomic E-state index is 0.206. The van der Waals surface area contributed by atoms with Crippen LogP contribution in [0.1, 0.15) is 12.8 Å². The summed E-state index contributed by atoms with van der Waals surface area (Å²) in [5.41, 5.74) is 5.38. The van der Waals surface area contributed by atoms with Crippen molar-refractivity contribution < 1.29 is 9.15 Å². The Morgan fingerprint density at radius 3 is 3.07 bits per heavy atom. The molecule has 78 valence electrons. The number of rotatable bonds is 2. The lowest BCUT2D eigenvalue weighted by atomic mass is 10.3. The smallest absolute Gasteiger partial charge is 0.318 e. The van der Waals surface area contributed by atoms with Crippen molar-refractivity contribution in [3.8, 4) is 0 Å². The fraction of sp³-hybridized carbons (Fsp3) is 0.750. The van der Waals surface area contributed by atoms with Gasteiger partial charge in [-0.1, -0.05) is 5.10 Å². The highest BCUT2D eigenvalue weighted by Crippen LogP contribution is 2.15. The van der Waals surface area contributed by atoms with Crippen LogP contribution in [0.3, 0.4) is 0 Å². The van der Waals surface area contributed by atoms with Gasteiger partial charge in [0.2, 0.25) is 5.89 Å². The lowest BCUT2D eigenvalue weighted by molar-refractivity contribution is 0.0513. The fourth-order valence-electron chi connectivity index (χ4n) is 1.45. The van der Waals surface area contributed by atoms with Crippen molar-refractivity contribution in [1.29, 1.82) is 0 Å². The number of hydrogen-bond acceptors (Lipinski definition) is 6. The van der Waals surface area contributed by atoms with Gasteiger partial charge in [0.15, 0.2) is 0 Å². The molecule has 0 bridgehead atoms. The number of nitrogens with two attached hydrogens (primary N) is 1. The summed E-state index contributed by atoms with van der Waals surface area (Å²) in [5.74, 6) is 0.471. The second-order valence-electron chi connectivity index (χ2n) is 3.31. The summed E-state index contributed by atoms with van der Waals surface area (Å²) in [7, 11) is 0.